The van der Waals surface area contributed by atoms with E-state index in [1.165, 1.54) is 5.56 Å². The van der Waals surface area contributed by atoms with Crippen LogP contribution in [0.4, 0.5) is 5.69 Å². The average Bonchev–Trinajstić information content (AvgIpc) is 2.51. The lowest BCUT2D eigenvalue weighted by atomic mass is 10.1. The van der Waals surface area contributed by atoms with Crippen LogP contribution in [0.25, 0.3) is 0 Å². The third-order valence-electron chi connectivity index (χ3n) is 3.44. The van der Waals surface area contributed by atoms with Gasteiger partial charge in [-0.05, 0) is 54.8 Å². The summed E-state index contributed by atoms with van der Waals surface area (Å²) in [6.07, 6.45) is 0. The Labute approximate surface area is 131 Å². The van der Waals surface area contributed by atoms with Gasteiger partial charge in [0.05, 0.1) is 13.7 Å². The molecule has 0 saturated carbocycles. The molecule has 0 aliphatic carbocycles. The van der Waals surface area contributed by atoms with Crippen molar-refractivity contribution in [2.24, 2.45) is 0 Å². The summed E-state index contributed by atoms with van der Waals surface area (Å²) in [4.78, 5) is 0. The lowest BCUT2D eigenvalue weighted by Gasteiger charge is -2.13. The van der Waals surface area contributed by atoms with Crippen molar-refractivity contribution in [3.8, 4) is 11.5 Å². The Balaban J connectivity index is 1.98. The Morgan fingerprint density at radius 2 is 1.68 bits per heavy atom. The van der Waals surface area contributed by atoms with Crippen LogP contribution in [-0.2, 0) is 6.54 Å². The zero-order valence-electron chi connectivity index (χ0n) is 13.3. The molecule has 4 nitrogen and oxygen atoms in total. The number of aliphatic hydroxyl groups is 1. The standard InChI is InChI=1S/C18H23NO3/c1-13-10-15(11-14(2)18(13)21-3)12-19-16-4-6-17(7-5-16)22-9-8-20/h4-7,10-11,19-20H,8-9,12H2,1-3H3. The molecule has 0 saturated heterocycles. The summed E-state index contributed by atoms with van der Waals surface area (Å²) in [5.74, 6) is 1.71. The van der Waals surface area contributed by atoms with Crippen molar-refractivity contribution in [2.45, 2.75) is 20.4 Å². The monoisotopic (exact) mass is 301 g/mol. The minimum atomic E-state index is 0.0240. The molecule has 0 aliphatic rings. The largest absolute Gasteiger partial charge is 0.496 e. The van der Waals surface area contributed by atoms with Crippen LogP contribution in [0.2, 0.25) is 0 Å². The second-order valence-corrected chi connectivity index (χ2v) is 5.21. The van der Waals surface area contributed by atoms with E-state index in [9.17, 15) is 0 Å². The molecule has 0 radical (unpaired) electrons. The Kier molecular flexibility index (Phi) is 5.67. The first-order valence-electron chi connectivity index (χ1n) is 7.35. The van der Waals surface area contributed by atoms with Crippen LogP contribution in [0.1, 0.15) is 16.7 Å². The predicted octanol–water partition coefficient (Wildman–Crippen LogP) is 3.30. The van der Waals surface area contributed by atoms with Crippen LogP contribution in [0.3, 0.4) is 0 Å². The van der Waals surface area contributed by atoms with Crippen LogP contribution in [-0.4, -0.2) is 25.4 Å². The third-order valence-corrected chi connectivity index (χ3v) is 3.44. The molecule has 0 fully saturated rings. The third kappa shape index (κ3) is 4.15. The molecule has 0 bridgehead atoms. The fourth-order valence-corrected chi connectivity index (χ4v) is 2.50. The first-order chi connectivity index (χ1) is 10.6. The van der Waals surface area contributed by atoms with Crippen LogP contribution in [0.15, 0.2) is 36.4 Å². The molecular weight excluding hydrogens is 278 g/mol. The van der Waals surface area contributed by atoms with Gasteiger partial charge in [0.1, 0.15) is 18.1 Å². The summed E-state index contributed by atoms with van der Waals surface area (Å²) < 4.78 is 10.7. The lowest BCUT2D eigenvalue weighted by Crippen LogP contribution is -2.03. The number of aryl methyl sites for hydroxylation is 2. The molecule has 4 heteroatoms. The van der Waals surface area contributed by atoms with Crippen molar-refractivity contribution < 1.29 is 14.6 Å². The molecule has 0 atom stereocenters. The molecule has 22 heavy (non-hydrogen) atoms. The fraction of sp³-hybridized carbons (Fsp3) is 0.333. The van der Waals surface area contributed by atoms with Gasteiger partial charge in [0.15, 0.2) is 0 Å². The van der Waals surface area contributed by atoms with E-state index >= 15 is 0 Å². The van der Waals surface area contributed by atoms with E-state index in [1.807, 2.05) is 24.3 Å². The summed E-state index contributed by atoms with van der Waals surface area (Å²) in [6.45, 7) is 5.21. The van der Waals surface area contributed by atoms with Gasteiger partial charge in [-0.2, -0.15) is 0 Å². The highest BCUT2D eigenvalue weighted by molar-refractivity contribution is 5.48. The van der Waals surface area contributed by atoms with Crippen molar-refractivity contribution in [3.63, 3.8) is 0 Å². The van der Waals surface area contributed by atoms with E-state index in [-0.39, 0.29) is 6.61 Å². The van der Waals surface area contributed by atoms with Gasteiger partial charge in [0.2, 0.25) is 0 Å². The Hall–Kier alpha value is -2.20. The van der Waals surface area contributed by atoms with Crippen molar-refractivity contribution in [3.05, 3.63) is 53.1 Å². The van der Waals surface area contributed by atoms with E-state index in [1.54, 1.807) is 7.11 Å². The number of benzene rings is 2. The van der Waals surface area contributed by atoms with E-state index in [0.29, 0.717) is 6.61 Å². The Morgan fingerprint density at radius 1 is 1.05 bits per heavy atom. The van der Waals surface area contributed by atoms with Crippen LogP contribution in [0.5, 0.6) is 11.5 Å². The number of anilines is 1. The fourth-order valence-electron chi connectivity index (χ4n) is 2.50. The van der Waals surface area contributed by atoms with Crippen molar-refractivity contribution in [2.75, 3.05) is 25.6 Å². The van der Waals surface area contributed by atoms with Crippen LogP contribution < -0.4 is 14.8 Å². The number of hydrogen-bond acceptors (Lipinski definition) is 4. The first kappa shape index (κ1) is 16.2. The number of ether oxygens (including phenoxy) is 2. The highest BCUT2D eigenvalue weighted by atomic mass is 16.5. The zero-order chi connectivity index (χ0) is 15.9. The molecule has 0 amide bonds. The van der Waals surface area contributed by atoms with Gasteiger partial charge in [-0.25, -0.2) is 0 Å². The normalized spacial score (nSPS) is 10.4. The quantitative estimate of drug-likeness (QED) is 0.824. The maximum atomic E-state index is 8.73. The molecule has 2 aromatic rings. The average molecular weight is 301 g/mol. The number of hydrogen-bond donors (Lipinski definition) is 2. The number of aliphatic hydroxyl groups excluding tert-OH is 1. The number of methoxy groups -OCH3 is 1. The van der Waals surface area contributed by atoms with Gasteiger partial charge in [-0.1, -0.05) is 12.1 Å². The van der Waals surface area contributed by atoms with E-state index in [4.69, 9.17) is 14.6 Å². The van der Waals surface area contributed by atoms with Gasteiger partial charge < -0.3 is 19.9 Å². The van der Waals surface area contributed by atoms with Crippen molar-refractivity contribution in [1.82, 2.24) is 0 Å². The number of rotatable bonds is 7. The molecule has 0 heterocycles. The predicted molar refractivity (Wildman–Crippen MR) is 88.8 cm³/mol. The highest BCUT2D eigenvalue weighted by Gasteiger charge is 2.05. The number of nitrogens with one attached hydrogen (secondary N) is 1. The maximum Gasteiger partial charge on any atom is 0.124 e. The summed E-state index contributed by atoms with van der Waals surface area (Å²) >= 11 is 0. The van der Waals surface area contributed by atoms with Gasteiger partial charge in [-0.3, -0.25) is 0 Å². The smallest absolute Gasteiger partial charge is 0.124 e. The highest BCUT2D eigenvalue weighted by Crippen LogP contribution is 2.25. The Bertz CT molecular complexity index is 585. The van der Waals surface area contributed by atoms with Gasteiger partial charge >= 0.3 is 0 Å². The van der Waals surface area contributed by atoms with Crippen molar-refractivity contribution >= 4 is 5.69 Å². The molecule has 118 valence electrons. The van der Waals surface area contributed by atoms with Gasteiger partial charge in [0, 0.05) is 12.2 Å². The second kappa shape index (κ2) is 7.71. The van der Waals surface area contributed by atoms with E-state index in [2.05, 4.69) is 31.3 Å². The topological polar surface area (TPSA) is 50.7 Å². The van der Waals surface area contributed by atoms with Crippen molar-refractivity contribution in [1.29, 1.82) is 0 Å². The molecule has 0 spiro atoms. The van der Waals surface area contributed by atoms with E-state index in [0.717, 1.165) is 34.9 Å². The van der Waals surface area contributed by atoms with Gasteiger partial charge in [0.25, 0.3) is 0 Å². The summed E-state index contributed by atoms with van der Waals surface area (Å²) in [5, 5.41) is 12.1. The first-order valence-corrected chi connectivity index (χ1v) is 7.35. The van der Waals surface area contributed by atoms with Gasteiger partial charge in [-0.15, -0.1) is 0 Å². The molecule has 2 aromatic carbocycles. The summed E-state index contributed by atoms with van der Waals surface area (Å²) in [5.41, 5.74) is 4.54. The Morgan fingerprint density at radius 3 is 2.23 bits per heavy atom. The van der Waals surface area contributed by atoms with Crippen LogP contribution in [0, 0.1) is 13.8 Å². The summed E-state index contributed by atoms with van der Waals surface area (Å²) in [7, 11) is 1.70. The molecule has 0 aromatic heterocycles. The van der Waals surface area contributed by atoms with E-state index < -0.39 is 0 Å². The van der Waals surface area contributed by atoms with Crippen LogP contribution >= 0.6 is 0 Å². The molecule has 0 aliphatic heterocycles. The minimum Gasteiger partial charge on any atom is -0.496 e. The molecule has 0 unspecified atom stereocenters. The maximum absolute atomic E-state index is 8.73. The summed E-state index contributed by atoms with van der Waals surface area (Å²) in [6, 6.07) is 12.0. The minimum absolute atomic E-state index is 0.0240. The molecule has 2 N–H and O–H groups in total. The molecular formula is C18H23NO3. The second-order valence-electron chi connectivity index (χ2n) is 5.21. The SMILES string of the molecule is COc1c(C)cc(CNc2ccc(OCCO)cc2)cc1C. The molecule has 2 rings (SSSR count). The lowest BCUT2D eigenvalue weighted by molar-refractivity contribution is 0.201. The zero-order valence-corrected chi connectivity index (χ0v) is 13.3.